The maximum absolute atomic E-state index is 4.19. The van der Waals surface area contributed by atoms with Crippen LogP contribution in [0, 0.1) is 10.8 Å². The Morgan fingerprint density at radius 2 is 1.39 bits per heavy atom. The highest BCUT2D eigenvalue weighted by Crippen LogP contribution is 2.24. The van der Waals surface area contributed by atoms with E-state index < -0.39 is 0 Å². The van der Waals surface area contributed by atoms with Gasteiger partial charge in [0.1, 0.15) is 0 Å². The van der Waals surface area contributed by atoms with Crippen LogP contribution in [0.25, 0.3) is 0 Å². The van der Waals surface area contributed by atoms with Gasteiger partial charge in [0.2, 0.25) is 0 Å². The molecule has 0 saturated carbocycles. The van der Waals surface area contributed by atoms with Crippen LogP contribution in [0.5, 0.6) is 0 Å². The minimum absolute atomic E-state index is 0.261. The third-order valence-corrected chi connectivity index (χ3v) is 2.44. The molecule has 3 nitrogen and oxygen atoms in total. The lowest BCUT2D eigenvalue weighted by Crippen LogP contribution is -2.22. The summed E-state index contributed by atoms with van der Waals surface area (Å²) in [6.45, 7) is 15.2. The Bertz CT molecular complexity index is 335. The first-order valence-corrected chi connectivity index (χ1v) is 6.59. The quantitative estimate of drug-likeness (QED) is 0.847. The SMILES string of the molecule is CC(C)(C)CNc1ccncc1NCC(C)(C)C. The zero-order valence-electron chi connectivity index (χ0n) is 12.6. The molecule has 0 aliphatic heterocycles. The zero-order chi connectivity index (χ0) is 13.8. The Morgan fingerprint density at radius 3 is 1.89 bits per heavy atom. The summed E-state index contributed by atoms with van der Waals surface area (Å²) in [6.07, 6.45) is 3.71. The van der Waals surface area contributed by atoms with E-state index in [0.717, 1.165) is 24.5 Å². The number of aromatic nitrogens is 1. The van der Waals surface area contributed by atoms with E-state index in [1.54, 1.807) is 0 Å². The second-order valence-corrected chi connectivity index (χ2v) is 7.25. The number of rotatable bonds is 4. The molecule has 0 spiro atoms. The van der Waals surface area contributed by atoms with E-state index in [4.69, 9.17) is 0 Å². The monoisotopic (exact) mass is 249 g/mol. The fourth-order valence-corrected chi connectivity index (χ4v) is 1.41. The van der Waals surface area contributed by atoms with Crippen molar-refractivity contribution >= 4 is 11.4 Å². The van der Waals surface area contributed by atoms with E-state index in [-0.39, 0.29) is 10.8 Å². The average Bonchev–Trinajstić information content (AvgIpc) is 2.22. The van der Waals surface area contributed by atoms with Crippen LogP contribution in [-0.2, 0) is 0 Å². The molecule has 0 atom stereocenters. The summed E-state index contributed by atoms with van der Waals surface area (Å²) < 4.78 is 0. The second kappa shape index (κ2) is 5.59. The molecule has 0 aliphatic carbocycles. The lowest BCUT2D eigenvalue weighted by atomic mass is 9.96. The minimum atomic E-state index is 0.261. The van der Waals surface area contributed by atoms with Crippen molar-refractivity contribution in [2.45, 2.75) is 41.5 Å². The Kier molecular flexibility index (Phi) is 4.60. The molecule has 1 aromatic rings. The molecule has 0 fully saturated rings. The summed E-state index contributed by atoms with van der Waals surface area (Å²) in [5.74, 6) is 0. The van der Waals surface area contributed by atoms with Crippen LogP contribution in [0.1, 0.15) is 41.5 Å². The van der Waals surface area contributed by atoms with Gasteiger partial charge in [-0.15, -0.1) is 0 Å². The van der Waals surface area contributed by atoms with E-state index in [2.05, 4.69) is 57.2 Å². The van der Waals surface area contributed by atoms with Crippen LogP contribution in [0.3, 0.4) is 0 Å². The first kappa shape index (κ1) is 14.8. The Balaban J connectivity index is 2.68. The van der Waals surface area contributed by atoms with Crippen molar-refractivity contribution in [3.05, 3.63) is 18.5 Å². The number of hydrogen-bond donors (Lipinski definition) is 2. The van der Waals surface area contributed by atoms with Gasteiger partial charge in [-0.2, -0.15) is 0 Å². The molecule has 0 radical (unpaired) electrons. The molecule has 0 amide bonds. The van der Waals surface area contributed by atoms with Crippen LogP contribution in [-0.4, -0.2) is 18.1 Å². The number of pyridine rings is 1. The van der Waals surface area contributed by atoms with Crippen LogP contribution in [0.4, 0.5) is 11.4 Å². The van der Waals surface area contributed by atoms with E-state index >= 15 is 0 Å². The van der Waals surface area contributed by atoms with Crippen LogP contribution in [0.2, 0.25) is 0 Å². The molecular formula is C15H27N3. The van der Waals surface area contributed by atoms with Gasteiger partial charge in [-0.25, -0.2) is 0 Å². The zero-order valence-corrected chi connectivity index (χ0v) is 12.6. The molecule has 2 N–H and O–H groups in total. The second-order valence-electron chi connectivity index (χ2n) is 7.25. The Morgan fingerprint density at radius 1 is 0.889 bits per heavy atom. The van der Waals surface area contributed by atoms with Crippen molar-refractivity contribution in [3.8, 4) is 0 Å². The van der Waals surface area contributed by atoms with Crippen molar-refractivity contribution in [1.29, 1.82) is 0 Å². The van der Waals surface area contributed by atoms with Gasteiger partial charge in [0.05, 0.1) is 17.6 Å². The maximum Gasteiger partial charge on any atom is 0.0762 e. The van der Waals surface area contributed by atoms with Gasteiger partial charge in [0.25, 0.3) is 0 Å². The maximum atomic E-state index is 4.19. The minimum Gasteiger partial charge on any atom is -0.383 e. The molecule has 0 unspecified atom stereocenters. The van der Waals surface area contributed by atoms with E-state index in [9.17, 15) is 0 Å². The summed E-state index contributed by atoms with van der Waals surface area (Å²) >= 11 is 0. The normalized spacial score (nSPS) is 12.3. The number of anilines is 2. The third-order valence-electron chi connectivity index (χ3n) is 2.44. The van der Waals surface area contributed by atoms with Gasteiger partial charge in [-0.1, -0.05) is 41.5 Å². The first-order chi connectivity index (χ1) is 8.17. The first-order valence-electron chi connectivity index (χ1n) is 6.59. The van der Waals surface area contributed by atoms with Crippen molar-refractivity contribution in [3.63, 3.8) is 0 Å². The van der Waals surface area contributed by atoms with E-state index in [1.165, 1.54) is 0 Å². The molecule has 1 aromatic heterocycles. The molecule has 0 bridgehead atoms. The highest BCUT2D eigenvalue weighted by molar-refractivity contribution is 5.67. The molecule has 102 valence electrons. The number of nitrogens with one attached hydrogen (secondary N) is 2. The topological polar surface area (TPSA) is 37.0 Å². The van der Waals surface area contributed by atoms with Gasteiger partial charge in [-0.05, 0) is 16.9 Å². The number of hydrogen-bond acceptors (Lipinski definition) is 3. The molecule has 1 heterocycles. The van der Waals surface area contributed by atoms with Gasteiger partial charge in [0, 0.05) is 19.3 Å². The fraction of sp³-hybridized carbons (Fsp3) is 0.667. The van der Waals surface area contributed by atoms with Crippen LogP contribution < -0.4 is 10.6 Å². The van der Waals surface area contributed by atoms with E-state index in [0.29, 0.717) is 0 Å². The molecule has 18 heavy (non-hydrogen) atoms. The molecule has 0 aromatic carbocycles. The van der Waals surface area contributed by atoms with Crippen molar-refractivity contribution in [2.75, 3.05) is 23.7 Å². The van der Waals surface area contributed by atoms with Gasteiger partial charge < -0.3 is 10.6 Å². The van der Waals surface area contributed by atoms with Crippen LogP contribution >= 0.6 is 0 Å². The van der Waals surface area contributed by atoms with Gasteiger partial charge in [0.15, 0.2) is 0 Å². The summed E-state index contributed by atoms with van der Waals surface area (Å²) in [4.78, 5) is 4.19. The Labute approximate surface area is 111 Å². The third kappa shape index (κ3) is 5.89. The molecule has 0 saturated heterocycles. The standard InChI is InChI=1S/C15H27N3/c1-14(2,3)10-17-12-7-8-16-9-13(12)18-11-15(4,5)6/h7-9,18H,10-11H2,1-6H3,(H,16,17). The average molecular weight is 249 g/mol. The lowest BCUT2D eigenvalue weighted by molar-refractivity contribution is 0.440. The predicted octanol–water partition coefficient (Wildman–Crippen LogP) is 4.00. The molecule has 3 heteroatoms. The van der Waals surface area contributed by atoms with Crippen molar-refractivity contribution in [2.24, 2.45) is 10.8 Å². The Hall–Kier alpha value is -1.25. The summed E-state index contributed by atoms with van der Waals surface area (Å²) in [6, 6.07) is 2.02. The van der Waals surface area contributed by atoms with Gasteiger partial charge >= 0.3 is 0 Å². The molecule has 1 rings (SSSR count). The van der Waals surface area contributed by atoms with Crippen molar-refractivity contribution < 1.29 is 0 Å². The van der Waals surface area contributed by atoms with E-state index in [1.807, 2.05) is 18.5 Å². The van der Waals surface area contributed by atoms with Gasteiger partial charge in [-0.3, -0.25) is 4.98 Å². The molecule has 0 aliphatic rings. The summed E-state index contributed by atoms with van der Waals surface area (Å²) in [7, 11) is 0. The lowest BCUT2D eigenvalue weighted by Gasteiger charge is -2.23. The van der Waals surface area contributed by atoms with Crippen LogP contribution in [0.15, 0.2) is 18.5 Å². The smallest absolute Gasteiger partial charge is 0.0762 e. The fourth-order valence-electron chi connectivity index (χ4n) is 1.41. The summed E-state index contributed by atoms with van der Waals surface area (Å²) in [5, 5.41) is 6.95. The van der Waals surface area contributed by atoms with Crippen molar-refractivity contribution in [1.82, 2.24) is 4.98 Å². The predicted molar refractivity (Wildman–Crippen MR) is 80.1 cm³/mol. The largest absolute Gasteiger partial charge is 0.383 e. The summed E-state index contributed by atoms with van der Waals surface area (Å²) in [5.41, 5.74) is 2.74. The highest BCUT2D eigenvalue weighted by atomic mass is 15.0. The molecular weight excluding hydrogens is 222 g/mol. The highest BCUT2D eigenvalue weighted by Gasteiger charge is 2.13. The number of nitrogens with zero attached hydrogens (tertiary/aromatic N) is 1.